The number of amides is 1. The van der Waals surface area contributed by atoms with E-state index in [0.29, 0.717) is 11.1 Å². The molecule has 1 amide bonds. The largest absolute Gasteiger partial charge is 0.507 e. The molecule has 0 atom stereocenters. The van der Waals surface area contributed by atoms with E-state index in [4.69, 9.17) is 4.74 Å². The van der Waals surface area contributed by atoms with E-state index in [9.17, 15) is 20.0 Å². The number of rotatable bonds is 6. The van der Waals surface area contributed by atoms with Gasteiger partial charge in [-0.15, -0.1) is 0 Å². The first-order chi connectivity index (χ1) is 11.5. The van der Waals surface area contributed by atoms with Crippen LogP contribution in [-0.4, -0.2) is 28.8 Å². The van der Waals surface area contributed by atoms with E-state index in [0.717, 1.165) is 0 Å². The Morgan fingerprint density at radius 3 is 2.83 bits per heavy atom. The summed E-state index contributed by atoms with van der Waals surface area (Å²) in [4.78, 5) is 22.0. The van der Waals surface area contributed by atoms with Gasteiger partial charge in [-0.2, -0.15) is 5.10 Å². The number of nitrogens with one attached hydrogen (secondary N) is 1. The van der Waals surface area contributed by atoms with Crippen molar-refractivity contribution in [2.24, 2.45) is 5.10 Å². The zero-order chi connectivity index (χ0) is 17.5. The predicted octanol–water partition coefficient (Wildman–Crippen LogP) is 2.14. The minimum atomic E-state index is -0.587. The number of carbonyl (C=O) groups excluding carboxylic acids is 1. The van der Waals surface area contributed by atoms with Crippen LogP contribution in [0.4, 0.5) is 5.69 Å². The smallest absolute Gasteiger partial charge is 0.311 e. The van der Waals surface area contributed by atoms with Gasteiger partial charge in [-0.1, -0.05) is 18.2 Å². The van der Waals surface area contributed by atoms with Gasteiger partial charge in [0, 0.05) is 11.6 Å². The third-order valence-corrected chi connectivity index (χ3v) is 3.00. The van der Waals surface area contributed by atoms with Crippen LogP contribution in [0, 0.1) is 17.0 Å². The normalized spacial score (nSPS) is 10.5. The molecule has 124 valence electrons. The van der Waals surface area contributed by atoms with Crippen molar-refractivity contribution in [3.05, 3.63) is 63.7 Å². The summed E-state index contributed by atoms with van der Waals surface area (Å²) in [5.74, 6) is -0.552. The molecular formula is C16H15N3O5. The van der Waals surface area contributed by atoms with E-state index in [1.54, 1.807) is 31.2 Å². The van der Waals surface area contributed by atoms with Crippen molar-refractivity contribution in [2.75, 3.05) is 6.61 Å². The molecule has 0 spiro atoms. The molecule has 0 aliphatic heterocycles. The zero-order valence-electron chi connectivity index (χ0n) is 12.8. The highest BCUT2D eigenvalue weighted by Gasteiger charge is 2.16. The van der Waals surface area contributed by atoms with E-state index < -0.39 is 17.4 Å². The maximum atomic E-state index is 11.7. The highest BCUT2D eigenvalue weighted by Crippen LogP contribution is 2.27. The number of phenols is 1. The molecule has 0 saturated heterocycles. The third-order valence-electron chi connectivity index (χ3n) is 3.00. The molecule has 0 saturated carbocycles. The molecule has 0 heterocycles. The minimum Gasteiger partial charge on any atom is -0.507 e. The zero-order valence-corrected chi connectivity index (χ0v) is 12.8. The van der Waals surface area contributed by atoms with Gasteiger partial charge in [0.2, 0.25) is 0 Å². The average Bonchev–Trinajstić information content (AvgIpc) is 2.55. The third kappa shape index (κ3) is 4.54. The van der Waals surface area contributed by atoms with Gasteiger partial charge in [-0.25, -0.2) is 5.43 Å². The maximum absolute atomic E-state index is 11.7. The van der Waals surface area contributed by atoms with Crippen LogP contribution in [0.2, 0.25) is 0 Å². The fourth-order valence-electron chi connectivity index (χ4n) is 1.84. The molecule has 2 aromatic carbocycles. The van der Waals surface area contributed by atoms with Crippen molar-refractivity contribution in [1.29, 1.82) is 0 Å². The lowest BCUT2D eigenvalue weighted by molar-refractivity contribution is -0.385. The number of aryl methyl sites for hydroxylation is 1. The quantitative estimate of drug-likeness (QED) is 0.479. The first-order valence-corrected chi connectivity index (χ1v) is 6.95. The molecule has 24 heavy (non-hydrogen) atoms. The van der Waals surface area contributed by atoms with Crippen molar-refractivity contribution in [2.45, 2.75) is 6.92 Å². The maximum Gasteiger partial charge on any atom is 0.311 e. The van der Waals surface area contributed by atoms with Gasteiger partial charge in [0.15, 0.2) is 12.4 Å². The molecule has 0 aliphatic rings. The molecule has 2 aromatic rings. The molecule has 0 unspecified atom stereocenters. The number of para-hydroxylation sites is 1. The van der Waals surface area contributed by atoms with Crippen LogP contribution in [0.25, 0.3) is 0 Å². The lowest BCUT2D eigenvalue weighted by Gasteiger charge is -2.06. The van der Waals surface area contributed by atoms with E-state index in [2.05, 4.69) is 10.5 Å². The second kappa shape index (κ2) is 7.73. The van der Waals surface area contributed by atoms with Crippen molar-refractivity contribution in [3.63, 3.8) is 0 Å². The van der Waals surface area contributed by atoms with Gasteiger partial charge in [-0.3, -0.25) is 14.9 Å². The van der Waals surface area contributed by atoms with Gasteiger partial charge >= 0.3 is 5.69 Å². The Hall–Kier alpha value is -3.42. The van der Waals surface area contributed by atoms with E-state index >= 15 is 0 Å². The Bertz CT molecular complexity index is 789. The Kier molecular flexibility index (Phi) is 5.45. The summed E-state index contributed by atoms with van der Waals surface area (Å²) < 4.78 is 5.16. The van der Waals surface area contributed by atoms with Gasteiger partial charge in [0.05, 0.1) is 11.1 Å². The highest BCUT2D eigenvalue weighted by atomic mass is 16.6. The number of nitrogens with zero attached hydrogens (tertiary/aromatic N) is 2. The predicted molar refractivity (Wildman–Crippen MR) is 87.2 cm³/mol. The van der Waals surface area contributed by atoms with Crippen LogP contribution in [0.3, 0.4) is 0 Å². The number of ether oxygens (including phenoxy) is 1. The average molecular weight is 329 g/mol. The summed E-state index contributed by atoms with van der Waals surface area (Å²) in [7, 11) is 0. The molecule has 0 fully saturated rings. The molecule has 0 radical (unpaired) electrons. The van der Waals surface area contributed by atoms with Crippen molar-refractivity contribution >= 4 is 17.8 Å². The minimum absolute atomic E-state index is 0.00503. The number of hydrazone groups is 1. The Balaban J connectivity index is 1.92. The molecule has 0 aliphatic carbocycles. The SMILES string of the molecule is Cc1ccc(OCC(=O)NN=Cc2ccccc2O)c([N+](=O)[O-])c1. The molecule has 8 nitrogen and oxygen atoms in total. The van der Waals surface area contributed by atoms with Crippen LogP contribution in [0.1, 0.15) is 11.1 Å². The van der Waals surface area contributed by atoms with E-state index in [1.807, 2.05) is 0 Å². The number of carbonyl (C=O) groups is 1. The molecule has 0 bridgehead atoms. The summed E-state index contributed by atoms with van der Waals surface area (Å²) in [5.41, 5.74) is 3.16. The molecule has 2 N–H and O–H groups in total. The molecule has 8 heteroatoms. The van der Waals surface area contributed by atoms with Crippen LogP contribution in [-0.2, 0) is 4.79 Å². The van der Waals surface area contributed by atoms with Crippen molar-refractivity contribution in [3.8, 4) is 11.5 Å². The number of hydrogen-bond donors (Lipinski definition) is 2. The monoisotopic (exact) mass is 329 g/mol. The molecule has 0 aromatic heterocycles. The second-order valence-corrected chi connectivity index (χ2v) is 4.87. The number of benzene rings is 2. The Morgan fingerprint density at radius 2 is 2.12 bits per heavy atom. The lowest BCUT2D eigenvalue weighted by Crippen LogP contribution is -2.24. The Morgan fingerprint density at radius 1 is 1.38 bits per heavy atom. The van der Waals surface area contributed by atoms with E-state index in [-0.39, 0.29) is 17.2 Å². The fraction of sp³-hybridized carbons (Fsp3) is 0.125. The van der Waals surface area contributed by atoms with Gasteiger partial charge in [0.1, 0.15) is 5.75 Å². The van der Waals surface area contributed by atoms with Crippen LogP contribution in [0.5, 0.6) is 11.5 Å². The van der Waals surface area contributed by atoms with Crippen LogP contribution < -0.4 is 10.2 Å². The summed E-state index contributed by atoms with van der Waals surface area (Å²) in [6.07, 6.45) is 1.28. The first kappa shape index (κ1) is 16.9. The summed E-state index contributed by atoms with van der Waals surface area (Å²) in [6, 6.07) is 10.9. The van der Waals surface area contributed by atoms with Gasteiger partial charge in [0.25, 0.3) is 5.91 Å². The van der Waals surface area contributed by atoms with Crippen LogP contribution in [0.15, 0.2) is 47.6 Å². The first-order valence-electron chi connectivity index (χ1n) is 6.95. The van der Waals surface area contributed by atoms with Crippen LogP contribution >= 0.6 is 0 Å². The summed E-state index contributed by atoms with van der Waals surface area (Å²) in [5, 5.41) is 24.2. The van der Waals surface area contributed by atoms with Crippen molar-refractivity contribution < 1.29 is 19.6 Å². The molecule has 2 rings (SSSR count). The summed E-state index contributed by atoms with van der Waals surface area (Å²) >= 11 is 0. The fourth-order valence-corrected chi connectivity index (χ4v) is 1.84. The number of aromatic hydroxyl groups is 1. The Labute approximate surface area is 137 Å². The summed E-state index contributed by atoms with van der Waals surface area (Å²) in [6.45, 7) is 1.29. The van der Waals surface area contributed by atoms with Gasteiger partial charge < -0.3 is 9.84 Å². The van der Waals surface area contributed by atoms with Gasteiger partial charge in [-0.05, 0) is 30.7 Å². The standard InChI is InChI=1S/C16H15N3O5/c1-11-6-7-15(13(8-11)19(22)23)24-10-16(21)18-17-9-12-4-2-3-5-14(12)20/h2-9,20H,10H2,1H3,(H,18,21). The number of nitro benzene ring substituents is 1. The number of nitro groups is 1. The lowest BCUT2D eigenvalue weighted by atomic mass is 10.2. The number of hydrogen-bond acceptors (Lipinski definition) is 6. The molecular weight excluding hydrogens is 314 g/mol. The van der Waals surface area contributed by atoms with E-state index in [1.165, 1.54) is 24.4 Å². The highest BCUT2D eigenvalue weighted by molar-refractivity contribution is 5.85. The number of phenolic OH excluding ortho intramolecular Hbond substituents is 1. The topological polar surface area (TPSA) is 114 Å². The van der Waals surface area contributed by atoms with Crippen molar-refractivity contribution in [1.82, 2.24) is 5.43 Å². The second-order valence-electron chi connectivity index (χ2n) is 4.87.